The number of amides is 1. The van der Waals surface area contributed by atoms with E-state index >= 15 is 0 Å². The fraction of sp³-hybridized carbons (Fsp3) is 0.130. The molecule has 0 saturated heterocycles. The van der Waals surface area contributed by atoms with E-state index in [1.165, 1.54) is 25.3 Å². The van der Waals surface area contributed by atoms with Crippen molar-refractivity contribution in [2.24, 2.45) is 0 Å². The summed E-state index contributed by atoms with van der Waals surface area (Å²) in [6.07, 6.45) is 0. The van der Waals surface area contributed by atoms with Crippen LogP contribution in [0.1, 0.15) is 26.3 Å². The molecule has 0 radical (unpaired) electrons. The minimum Gasteiger partial charge on any atom is -0.493 e. The second kappa shape index (κ2) is 9.77. The molecule has 6 N–H and O–H groups in total. The van der Waals surface area contributed by atoms with Gasteiger partial charge >= 0.3 is 11.9 Å². The predicted octanol–water partition coefficient (Wildman–Crippen LogP) is 2.36. The van der Waals surface area contributed by atoms with Crippen LogP contribution >= 0.6 is 0 Å². The zero-order valence-electron chi connectivity index (χ0n) is 18.2. The van der Waals surface area contributed by atoms with Gasteiger partial charge in [0.05, 0.1) is 7.11 Å². The molecule has 0 aliphatic carbocycles. The van der Waals surface area contributed by atoms with E-state index in [0.29, 0.717) is 5.69 Å². The van der Waals surface area contributed by atoms with Gasteiger partial charge < -0.3 is 35.7 Å². The highest BCUT2D eigenvalue weighted by atomic mass is 16.5. The van der Waals surface area contributed by atoms with Crippen LogP contribution in [-0.2, 0) is 4.79 Å². The quantitative estimate of drug-likeness (QED) is 0.332. The number of carboxylic acids is 2. The van der Waals surface area contributed by atoms with Crippen molar-refractivity contribution in [3.63, 3.8) is 0 Å². The van der Waals surface area contributed by atoms with Gasteiger partial charge in [-0.2, -0.15) is 0 Å². The van der Waals surface area contributed by atoms with Gasteiger partial charge in [-0.05, 0) is 42.3 Å². The molecule has 0 aliphatic heterocycles. The molecule has 0 saturated carbocycles. The van der Waals surface area contributed by atoms with Gasteiger partial charge in [0.2, 0.25) is 0 Å². The van der Waals surface area contributed by atoms with E-state index in [9.17, 15) is 29.4 Å². The number of aryl methyl sites for hydroxylation is 1. The number of ether oxygens (including phenoxy) is 2. The number of benzene rings is 2. The minimum atomic E-state index is -1.63. The van der Waals surface area contributed by atoms with Crippen molar-refractivity contribution in [1.29, 1.82) is 0 Å². The Bertz CT molecular complexity index is 1350. The van der Waals surface area contributed by atoms with Crippen LogP contribution < -0.4 is 26.1 Å². The minimum absolute atomic E-state index is 0.0426. The third kappa shape index (κ3) is 4.99. The van der Waals surface area contributed by atoms with Crippen molar-refractivity contribution in [2.45, 2.75) is 6.92 Å². The summed E-state index contributed by atoms with van der Waals surface area (Å²) in [5, 5.41) is 21.8. The maximum atomic E-state index is 12.2. The zero-order valence-corrected chi connectivity index (χ0v) is 18.2. The van der Waals surface area contributed by atoms with Crippen molar-refractivity contribution in [1.82, 2.24) is 4.98 Å². The van der Waals surface area contributed by atoms with E-state index in [-0.39, 0.29) is 29.2 Å². The second-order valence-electron chi connectivity index (χ2n) is 7.18. The number of carboxylic acid groups (broad SMARTS) is 2. The average Bonchev–Trinajstić information content (AvgIpc) is 2.76. The summed E-state index contributed by atoms with van der Waals surface area (Å²) in [5.74, 6) is -3.88. The summed E-state index contributed by atoms with van der Waals surface area (Å²) >= 11 is 0. The van der Waals surface area contributed by atoms with Crippen LogP contribution in [0.3, 0.4) is 0 Å². The van der Waals surface area contributed by atoms with Gasteiger partial charge in [0, 0.05) is 11.3 Å². The molecule has 1 aromatic heterocycles. The van der Waals surface area contributed by atoms with E-state index < -0.39 is 40.3 Å². The van der Waals surface area contributed by atoms with Crippen LogP contribution in [-0.4, -0.2) is 46.8 Å². The summed E-state index contributed by atoms with van der Waals surface area (Å²) in [7, 11) is 1.31. The molecule has 2 aromatic carbocycles. The Balaban J connectivity index is 1.94. The first-order chi connectivity index (χ1) is 16.1. The van der Waals surface area contributed by atoms with Gasteiger partial charge in [0.1, 0.15) is 16.9 Å². The monoisotopic (exact) mass is 467 g/mol. The Morgan fingerprint density at radius 1 is 1.03 bits per heavy atom. The number of carbonyl (C=O) groups excluding carboxylic acids is 1. The number of nitrogens with one attached hydrogen (secondary N) is 2. The van der Waals surface area contributed by atoms with Crippen LogP contribution in [0.5, 0.6) is 11.5 Å². The molecule has 0 unspecified atom stereocenters. The average molecular weight is 467 g/mol. The topological polar surface area (TPSA) is 181 Å². The van der Waals surface area contributed by atoms with Gasteiger partial charge in [-0.3, -0.25) is 9.59 Å². The maximum Gasteiger partial charge on any atom is 0.342 e. The molecule has 11 nitrogen and oxygen atoms in total. The molecule has 0 fully saturated rings. The first-order valence-electron chi connectivity index (χ1n) is 9.82. The lowest BCUT2D eigenvalue weighted by molar-refractivity contribution is -0.118. The van der Waals surface area contributed by atoms with E-state index in [0.717, 1.165) is 5.56 Å². The molecule has 1 heterocycles. The van der Waals surface area contributed by atoms with Crippen LogP contribution in [0.15, 0.2) is 47.3 Å². The summed E-state index contributed by atoms with van der Waals surface area (Å²) in [4.78, 5) is 50.0. The van der Waals surface area contributed by atoms with Crippen molar-refractivity contribution in [3.8, 4) is 22.6 Å². The number of nitrogens with two attached hydrogens (primary N) is 1. The van der Waals surface area contributed by atoms with Gasteiger partial charge in [0.25, 0.3) is 11.5 Å². The lowest BCUT2D eigenvalue weighted by Gasteiger charge is -2.15. The Hall–Kier alpha value is -4.80. The van der Waals surface area contributed by atoms with Crippen LogP contribution in [0.4, 0.5) is 11.5 Å². The third-order valence-corrected chi connectivity index (χ3v) is 4.79. The molecule has 0 spiro atoms. The predicted molar refractivity (Wildman–Crippen MR) is 123 cm³/mol. The van der Waals surface area contributed by atoms with Crippen LogP contribution in [0.2, 0.25) is 0 Å². The van der Waals surface area contributed by atoms with Gasteiger partial charge in [-0.25, -0.2) is 9.59 Å². The SMILES string of the molecule is COc1cc(-c2c(C(=O)O)c(N)[nH]c(=O)c2C(=O)O)ccc1OCC(=O)Nc1cccc(C)c1. The number of anilines is 2. The Morgan fingerprint density at radius 2 is 1.74 bits per heavy atom. The first-order valence-corrected chi connectivity index (χ1v) is 9.82. The standard InChI is InChI=1S/C23H21N3O8/c1-11-4-3-5-13(8-11)25-16(27)10-34-14-7-6-12(9-15(14)33-2)17-18(22(29)30)20(24)26-21(28)19(17)23(31)32/h3-9H,10H2,1-2H3,(H,25,27)(H,29,30)(H,31,32)(H3,24,26,28). The number of aromatic nitrogens is 1. The molecular formula is C23H21N3O8. The van der Waals surface area contributed by atoms with Crippen molar-refractivity contribution in [3.05, 3.63) is 69.5 Å². The number of methoxy groups -OCH3 is 1. The zero-order chi connectivity index (χ0) is 25.0. The van der Waals surface area contributed by atoms with E-state index in [2.05, 4.69) is 5.32 Å². The summed E-state index contributed by atoms with van der Waals surface area (Å²) in [5.41, 5.74) is 4.45. The number of rotatable bonds is 8. The Labute approximate surface area is 192 Å². The number of aromatic amines is 1. The number of H-pyrrole nitrogens is 1. The number of pyridine rings is 1. The first kappa shape index (κ1) is 23.9. The molecule has 0 bridgehead atoms. The second-order valence-corrected chi connectivity index (χ2v) is 7.18. The lowest BCUT2D eigenvalue weighted by Crippen LogP contribution is -2.24. The highest BCUT2D eigenvalue weighted by Gasteiger charge is 2.27. The molecule has 3 rings (SSSR count). The number of aromatic carboxylic acids is 2. The fourth-order valence-electron chi connectivity index (χ4n) is 3.34. The third-order valence-electron chi connectivity index (χ3n) is 4.79. The highest BCUT2D eigenvalue weighted by molar-refractivity contribution is 6.07. The van der Waals surface area contributed by atoms with Crippen molar-refractivity contribution >= 4 is 29.4 Å². The molecule has 11 heteroatoms. The molecule has 1 amide bonds. The van der Waals surface area contributed by atoms with Gasteiger partial charge in [-0.15, -0.1) is 0 Å². The number of hydrogen-bond donors (Lipinski definition) is 5. The van der Waals surface area contributed by atoms with E-state index in [4.69, 9.17) is 15.2 Å². The number of hydrogen-bond acceptors (Lipinski definition) is 7. The Kier molecular flexibility index (Phi) is 6.86. The van der Waals surface area contributed by atoms with Gasteiger partial charge in [-0.1, -0.05) is 18.2 Å². The summed E-state index contributed by atoms with van der Waals surface area (Å²) in [6.45, 7) is 1.53. The molecule has 176 valence electrons. The number of carbonyl (C=O) groups is 3. The number of nitrogen functional groups attached to an aromatic ring is 1. The molecule has 0 atom stereocenters. The van der Waals surface area contributed by atoms with Crippen LogP contribution in [0, 0.1) is 6.92 Å². The Morgan fingerprint density at radius 3 is 2.35 bits per heavy atom. The van der Waals surface area contributed by atoms with E-state index in [1.54, 1.807) is 18.2 Å². The van der Waals surface area contributed by atoms with Gasteiger partial charge in [0.15, 0.2) is 18.1 Å². The van der Waals surface area contributed by atoms with Crippen LogP contribution in [0.25, 0.3) is 11.1 Å². The lowest BCUT2D eigenvalue weighted by atomic mass is 9.95. The largest absolute Gasteiger partial charge is 0.493 e. The molecular weight excluding hydrogens is 446 g/mol. The fourth-order valence-corrected chi connectivity index (χ4v) is 3.34. The van der Waals surface area contributed by atoms with Crippen molar-refractivity contribution < 1.29 is 34.1 Å². The smallest absolute Gasteiger partial charge is 0.342 e. The normalized spacial score (nSPS) is 10.4. The molecule has 34 heavy (non-hydrogen) atoms. The van der Waals surface area contributed by atoms with Crippen molar-refractivity contribution in [2.75, 3.05) is 24.8 Å². The summed E-state index contributed by atoms with van der Waals surface area (Å²) in [6, 6.07) is 11.2. The maximum absolute atomic E-state index is 12.2. The summed E-state index contributed by atoms with van der Waals surface area (Å²) < 4.78 is 10.8. The molecule has 0 aliphatic rings. The highest BCUT2D eigenvalue weighted by Crippen LogP contribution is 2.36. The van der Waals surface area contributed by atoms with E-state index in [1.807, 2.05) is 18.0 Å². The molecule has 3 aromatic rings.